The normalized spacial score (nSPS) is 13.4. The van der Waals surface area contributed by atoms with E-state index in [2.05, 4.69) is 52.1 Å². The summed E-state index contributed by atoms with van der Waals surface area (Å²) in [5, 5.41) is 11.8. The fraction of sp³-hybridized carbons (Fsp3) is 0.450. The van der Waals surface area contributed by atoms with E-state index in [9.17, 15) is 9.59 Å². The smallest absolute Gasteiger partial charge is 0.408 e. The molecule has 0 radical (unpaired) electrons. The molecule has 0 bridgehead atoms. The first-order chi connectivity index (χ1) is 23.1. The number of carbonyl (C=O) groups is 2. The highest BCUT2D eigenvalue weighted by atomic mass is 16.5. The lowest BCUT2D eigenvalue weighted by Crippen LogP contribution is -2.47. The highest BCUT2D eigenvalue weighted by molar-refractivity contribution is 5.94. The van der Waals surface area contributed by atoms with Crippen LogP contribution in [0.1, 0.15) is 90.9 Å². The molecule has 1 aliphatic heterocycles. The maximum atomic E-state index is 14.1. The number of ether oxygens (including phenoxy) is 1. The summed E-state index contributed by atoms with van der Waals surface area (Å²) < 4.78 is 5.26. The highest BCUT2D eigenvalue weighted by Crippen LogP contribution is 2.23. The lowest BCUT2D eigenvalue weighted by atomic mass is 9.99. The zero-order valence-corrected chi connectivity index (χ0v) is 28.0. The van der Waals surface area contributed by atoms with Crippen molar-refractivity contribution in [3.8, 4) is 11.8 Å². The van der Waals surface area contributed by atoms with E-state index in [1.165, 1.54) is 24.8 Å². The number of hydrogen-bond donors (Lipinski definition) is 2. The van der Waals surface area contributed by atoms with Crippen molar-refractivity contribution in [3.63, 3.8) is 0 Å². The van der Waals surface area contributed by atoms with Gasteiger partial charge in [-0.15, -0.1) is 0 Å². The van der Waals surface area contributed by atoms with E-state index in [1.807, 2.05) is 60.7 Å². The van der Waals surface area contributed by atoms with Gasteiger partial charge in [0, 0.05) is 43.4 Å². The molecule has 1 fully saturated rings. The third kappa shape index (κ3) is 12.5. The van der Waals surface area contributed by atoms with Crippen molar-refractivity contribution in [1.82, 2.24) is 15.1 Å². The Morgan fingerprint density at radius 1 is 0.894 bits per heavy atom. The summed E-state index contributed by atoms with van der Waals surface area (Å²) in [4.78, 5) is 30.7. The van der Waals surface area contributed by atoms with Crippen molar-refractivity contribution in [2.24, 2.45) is 0 Å². The molecule has 47 heavy (non-hydrogen) atoms. The Labute approximate surface area is 281 Å². The Morgan fingerprint density at radius 2 is 1.66 bits per heavy atom. The molecule has 0 aliphatic carbocycles. The van der Waals surface area contributed by atoms with Crippen LogP contribution in [0.25, 0.3) is 0 Å². The van der Waals surface area contributed by atoms with Crippen molar-refractivity contribution < 1.29 is 19.4 Å². The molecule has 0 unspecified atom stereocenters. The predicted molar refractivity (Wildman–Crippen MR) is 188 cm³/mol. The fourth-order valence-electron chi connectivity index (χ4n) is 5.99. The van der Waals surface area contributed by atoms with Crippen LogP contribution in [0.2, 0.25) is 0 Å². The molecule has 250 valence electrons. The number of rotatable bonds is 16. The highest BCUT2D eigenvalue weighted by Gasteiger charge is 2.28. The van der Waals surface area contributed by atoms with Gasteiger partial charge >= 0.3 is 6.09 Å². The summed E-state index contributed by atoms with van der Waals surface area (Å²) in [6.07, 6.45) is 8.99. The summed E-state index contributed by atoms with van der Waals surface area (Å²) in [7, 11) is 0. The summed E-state index contributed by atoms with van der Waals surface area (Å²) in [5.41, 5.74) is 4.81. The molecule has 0 aromatic heterocycles. The molecule has 2 N–H and O–H groups in total. The fourth-order valence-corrected chi connectivity index (χ4v) is 5.99. The van der Waals surface area contributed by atoms with Crippen molar-refractivity contribution in [2.75, 3.05) is 32.8 Å². The minimum Gasteiger partial charge on any atom is -0.445 e. The number of unbranched alkanes of at least 4 members (excludes halogenated alkanes) is 4. The quantitative estimate of drug-likeness (QED) is 0.131. The molecule has 0 saturated carbocycles. The van der Waals surface area contributed by atoms with Gasteiger partial charge in [-0.2, -0.15) is 0 Å². The second-order valence-electron chi connectivity index (χ2n) is 12.4. The molecule has 7 heteroatoms. The van der Waals surface area contributed by atoms with Gasteiger partial charge in [-0.3, -0.25) is 4.79 Å². The van der Waals surface area contributed by atoms with Crippen LogP contribution in [-0.4, -0.2) is 65.7 Å². The maximum Gasteiger partial charge on any atom is 0.408 e. The third-order valence-corrected chi connectivity index (χ3v) is 8.71. The minimum atomic E-state index is -0.503. The van der Waals surface area contributed by atoms with E-state index in [-0.39, 0.29) is 31.7 Å². The van der Waals surface area contributed by atoms with Gasteiger partial charge in [0.2, 0.25) is 0 Å². The summed E-state index contributed by atoms with van der Waals surface area (Å²) in [6.45, 7) is 6.35. The molecule has 1 aliphatic rings. The van der Waals surface area contributed by atoms with Gasteiger partial charge in [0.15, 0.2) is 0 Å². The van der Waals surface area contributed by atoms with Crippen molar-refractivity contribution >= 4 is 12.0 Å². The number of piperidine rings is 1. The first-order valence-corrected chi connectivity index (χ1v) is 17.3. The van der Waals surface area contributed by atoms with E-state index >= 15 is 0 Å². The summed E-state index contributed by atoms with van der Waals surface area (Å²) in [5.74, 6) is 6.23. The molecule has 0 atom stereocenters. The van der Waals surface area contributed by atoms with Gasteiger partial charge in [0.1, 0.15) is 6.61 Å². The summed E-state index contributed by atoms with van der Waals surface area (Å²) >= 11 is 0. The molecule has 3 aromatic rings. The Kier molecular flexibility index (Phi) is 15.3. The number of aliphatic hydroxyl groups is 1. The Morgan fingerprint density at radius 3 is 2.40 bits per heavy atom. The predicted octanol–water partition coefficient (Wildman–Crippen LogP) is 6.97. The van der Waals surface area contributed by atoms with Crippen molar-refractivity contribution in [3.05, 3.63) is 107 Å². The van der Waals surface area contributed by atoms with Crippen LogP contribution in [0.4, 0.5) is 4.79 Å². The number of likely N-dealkylation sites (tertiary alicyclic amines) is 1. The number of aryl methyl sites for hydroxylation is 1. The van der Waals surface area contributed by atoms with Crippen LogP contribution in [-0.2, 0) is 24.3 Å². The Balaban J connectivity index is 1.38. The SMILES string of the molecule is CCCCCc1ccc(C(=O)N(Cc2cccc(C#CCNC(=O)OCc3ccccc3)c2)C2CCN(CCCCCO)CC2)cc1. The second kappa shape index (κ2) is 20.2. The number of amides is 2. The van der Waals surface area contributed by atoms with Crippen LogP contribution in [0.15, 0.2) is 78.9 Å². The van der Waals surface area contributed by atoms with E-state index in [1.54, 1.807) is 0 Å². The van der Waals surface area contributed by atoms with Gasteiger partial charge in [0.25, 0.3) is 5.91 Å². The molecule has 3 aromatic carbocycles. The number of nitrogens with zero attached hydrogens (tertiary/aromatic N) is 2. The minimum absolute atomic E-state index is 0.0706. The maximum absolute atomic E-state index is 14.1. The zero-order valence-electron chi connectivity index (χ0n) is 28.0. The number of benzene rings is 3. The van der Waals surface area contributed by atoms with Crippen LogP contribution in [0, 0.1) is 11.8 Å². The van der Waals surface area contributed by atoms with E-state index in [0.717, 1.165) is 80.4 Å². The second-order valence-corrected chi connectivity index (χ2v) is 12.4. The number of aliphatic hydroxyl groups excluding tert-OH is 1. The zero-order chi connectivity index (χ0) is 33.1. The molecule has 7 nitrogen and oxygen atoms in total. The van der Waals surface area contributed by atoms with Crippen LogP contribution in [0.3, 0.4) is 0 Å². The molecule has 1 saturated heterocycles. The van der Waals surface area contributed by atoms with E-state index in [4.69, 9.17) is 9.84 Å². The third-order valence-electron chi connectivity index (χ3n) is 8.71. The summed E-state index contributed by atoms with van der Waals surface area (Å²) in [6, 6.07) is 25.9. The lowest BCUT2D eigenvalue weighted by Gasteiger charge is -2.39. The first kappa shape index (κ1) is 35.7. The molecule has 2 amide bonds. The number of alkyl carbamates (subject to hydrolysis) is 1. The number of nitrogens with one attached hydrogen (secondary N) is 1. The largest absolute Gasteiger partial charge is 0.445 e. The van der Waals surface area contributed by atoms with Gasteiger partial charge < -0.3 is 25.0 Å². The number of hydrogen-bond acceptors (Lipinski definition) is 5. The lowest BCUT2D eigenvalue weighted by molar-refractivity contribution is 0.0548. The van der Waals surface area contributed by atoms with Crippen LogP contribution >= 0.6 is 0 Å². The van der Waals surface area contributed by atoms with Gasteiger partial charge in [-0.05, 0) is 92.4 Å². The molecular formula is C40H51N3O4. The van der Waals surface area contributed by atoms with Gasteiger partial charge in [0.05, 0.1) is 6.54 Å². The average Bonchev–Trinajstić information content (AvgIpc) is 3.11. The van der Waals surface area contributed by atoms with Crippen LogP contribution < -0.4 is 5.32 Å². The molecule has 4 rings (SSSR count). The number of carbonyl (C=O) groups excluding carboxylic acids is 2. The molecular weight excluding hydrogens is 586 g/mol. The Hall–Kier alpha value is -4.12. The standard InChI is InChI=1S/C40H51N3O4/c1-2-3-6-13-33-19-21-37(22-20-33)39(45)43(38-23-27-42(28-24-38)26-9-5-10-29-44)31-36-17-11-16-34(30-36)18-12-25-41-40(46)47-32-35-14-7-4-8-15-35/h4,7-8,11,14-17,19-22,30,38,44H,2-3,5-6,9-10,13,23-29,31-32H2,1H3,(H,41,46). The first-order valence-electron chi connectivity index (χ1n) is 17.3. The Bertz CT molecular complexity index is 1420. The van der Waals surface area contributed by atoms with Crippen molar-refractivity contribution in [1.29, 1.82) is 0 Å². The topological polar surface area (TPSA) is 82.1 Å². The van der Waals surface area contributed by atoms with Crippen LogP contribution in [0.5, 0.6) is 0 Å². The van der Waals surface area contributed by atoms with Crippen molar-refractivity contribution in [2.45, 2.75) is 83.9 Å². The van der Waals surface area contributed by atoms with E-state index in [0.29, 0.717) is 6.54 Å². The van der Waals surface area contributed by atoms with E-state index < -0.39 is 6.09 Å². The van der Waals surface area contributed by atoms with Gasteiger partial charge in [-0.25, -0.2) is 4.79 Å². The van der Waals surface area contributed by atoms with Gasteiger partial charge in [-0.1, -0.05) is 86.2 Å². The average molecular weight is 638 g/mol. The molecule has 0 spiro atoms. The molecule has 1 heterocycles. The monoisotopic (exact) mass is 637 g/mol.